The average Bonchev–Trinajstić information content (AvgIpc) is 2.61. The highest BCUT2D eigenvalue weighted by atomic mass is 16.5. The van der Waals surface area contributed by atoms with Crippen LogP contribution in [0.3, 0.4) is 0 Å². The van der Waals surface area contributed by atoms with Crippen molar-refractivity contribution in [2.24, 2.45) is 16.8 Å². The number of hydrogen-bond acceptors (Lipinski definition) is 3. The van der Waals surface area contributed by atoms with Gasteiger partial charge in [-0.1, -0.05) is 19.8 Å². The van der Waals surface area contributed by atoms with Gasteiger partial charge < -0.3 is 19.9 Å². The first-order valence-corrected chi connectivity index (χ1v) is 10.2. The third-order valence-electron chi connectivity index (χ3n) is 6.26. The molecule has 0 aromatic carbocycles. The Balaban J connectivity index is 1.98. The molecule has 1 aliphatic heterocycles. The fourth-order valence-corrected chi connectivity index (χ4v) is 4.18. The molecule has 1 heterocycles. The van der Waals surface area contributed by atoms with Crippen LogP contribution in [0.4, 0.5) is 0 Å². The Bertz CT molecular complexity index is 410. The molecule has 0 aromatic heterocycles. The van der Waals surface area contributed by atoms with Crippen LogP contribution >= 0.6 is 0 Å². The quantitative estimate of drug-likeness (QED) is 0.589. The zero-order valence-electron chi connectivity index (χ0n) is 17.2. The fourth-order valence-electron chi connectivity index (χ4n) is 4.18. The predicted molar refractivity (Wildman–Crippen MR) is 106 cm³/mol. The van der Waals surface area contributed by atoms with E-state index in [0.29, 0.717) is 0 Å². The molecule has 0 unspecified atom stereocenters. The van der Waals surface area contributed by atoms with Crippen LogP contribution in [0.25, 0.3) is 0 Å². The van der Waals surface area contributed by atoms with Crippen molar-refractivity contribution in [2.45, 2.75) is 57.9 Å². The molecule has 0 amide bonds. The van der Waals surface area contributed by atoms with Gasteiger partial charge in [-0.3, -0.25) is 4.99 Å². The van der Waals surface area contributed by atoms with Crippen LogP contribution in [-0.4, -0.2) is 75.3 Å². The molecule has 25 heavy (non-hydrogen) atoms. The summed E-state index contributed by atoms with van der Waals surface area (Å²) in [5.74, 6) is 2.79. The molecule has 5 nitrogen and oxygen atoms in total. The zero-order chi connectivity index (χ0) is 18.3. The van der Waals surface area contributed by atoms with Crippen molar-refractivity contribution in [2.75, 3.05) is 54.0 Å². The third-order valence-corrected chi connectivity index (χ3v) is 6.26. The molecule has 0 spiro atoms. The molecule has 0 aromatic rings. The van der Waals surface area contributed by atoms with Gasteiger partial charge in [0.25, 0.3) is 0 Å². The van der Waals surface area contributed by atoms with Crippen LogP contribution in [-0.2, 0) is 4.74 Å². The van der Waals surface area contributed by atoms with Crippen LogP contribution in [0.2, 0.25) is 0 Å². The smallest absolute Gasteiger partial charge is 0.193 e. The summed E-state index contributed by atoms with van der Waals surface area (Å²) in [6.07, 6.45) is 7.62. The number of guanidine groups is 1. The van der Waals surface area contributed by atoms with Crippen molar-refractivity contribution in [1.82, 2.24) is 15.1 Å². The van der Waals surface area contributed by atoms with E-state index in [1.54, 1.807) is 0 Å². The van der Waals surface area contributed by atoms with Gasteiger partial charge in [0.2, 0.25) is 0 Å². The maximum absolute atomic E-state index is 5.58. The zero-order valence-corrected chi connectivity index (χ0v) is 17.2. The Morgan fingerprint density at radius 1 is 1.12 bits per heavy atom. The number of rotatable bonds is 6. The molecule has 1 saturated heterocycles. The van der Waals surface area contributed by atoms with Gasteiger partial charge in [-0.15, -0.1) is 0 Å². The van der Waals surface area contributed by atoms with Crippen LogP contribution in [0.15, 0.2) is 4.99 Å². The summed E-state index contributed by atoms with van der Waals surface area (Å²) in [6, 6.07) is 0. The van der Waals surface area contributed by atoms with E-state index in [1.807, 2.05) is 0 Å². The van der Waals surface area contributed by atoms with Gasteiger partial charge in [0.1, 0.15) is 0 Å². The van der Waals surface area contributed by atoms with E-state index in [2.05, 4.69) is 50.1 Å². The second-order valence-corrected chi connectivity index (χ2v) is 8.41. The molecule has 0 radical (unpaired) electrons. The Hall–Kier alpha value is -0.810. The van der Waals surface area contributed by atoms with Crippen LogP contribution in [0.1, 0.15) is 52.4 Å². The lowest BCUT2D eigenvalue weighted by Crippen LogP contribution is -2.52. The van der Waals surface area contributed by atoms with Gasteiger partial charge in [0.15, 0.2) is 5.96 Å². The van der Waals surface area contributed by atoms with E-state index in [0.717, 1.165) is 63.5 Å². The summed E-state index contributed by atoms with van der Waals surface area (Å²) < 4.78 is 5.58. The molecule has 2 aliphatic rings. The van der Waals surface area contributed by atoms with E-state index in [-0.39, 0.29) is 5.54 Å². The summed E-state index contributed by atoms with van der Waals surface area (Å²) in [7, 11) is 6.56. The van der Waals surface area contributed by atoms with Crippen molar-refractivity contribution in [3.05, 3.63) is 0 Å². The van der Waals surface area contributed by atoms with Gasteiger partial charge in [0.05, 0.1) is 6.54 Å². The molecule has 2 fully saturated rings. The van der Waals surface area contributed by atoms with Crippen LogP contribution in [0.5, 0.6) is 0 Å². The van der Waals surface area contributed by atoms with Crippen LogP contribution < -0.4 is 5.32 Å². The normalized spacial score (nSPS) is 27.4. The second kappa shape index (κ2) is 9.77. The highest BCUT2D eigenvalue weighted by Crippen LogP contribution is 2.29. The lowest BCUT2D eigenvalue weighted by atomic mass is 9.83. The van der Waals surface area contributed by atoms with Gasteiger partial charge in [-0.05, 0) is 58.5 Å². The maximum atomic E-state index is 5.58. The summed E-state index contributed by atoms with van der Waals surface area (Å²) in [5.41, 5.74) is 0.139. The average molecular weight is 353 g/mol. The summed E-state index contributed by atoms with van der Waals surface area (Å²) in [5, 5.41) is 3.50. The van der Waals surface area contributed by atoms with Gasteiger partial charge in [-0.25, -0.2) is 0 Å². The summed E-state index contributed by atoms with van der Waals surface area (Å²) >= 11 is 0. The number of likely N-dealkylation sites (N-methyl/N-ethyl adjacent to an activating group) is 1. The van der Waals surface area contributed by atoms with E-state index in [9.17, 15) is 0 Å². The monoisotopic (exact) mass is 352 g/mol. The topological polar surface area (TPSA) is 40.1 Å². The highest BCUT2D eigenvalue weighted by molar-refractivity contribution is 5.79. The SMILES string of the molecule is CCNC(=NCC1(N(C)C)CCOCC1)N(C)CC1CCC(C)CC1. The number of aliphatic imine (C=N–C) groups is 1. The van der Waals surface area contributed by atoms with E-state index < -0.39 is 0 Å². The van der Waals surface area contributed by atoms with Crippen molar-refractivity contribution in [1.29, 1.82) is 0 Å². The first-order chi connectivity index (χ1) is 12.0. The number of nitrogens with one attached hydrogen (secondary N) is 1. The van der Waals surface area contributed by atoms with Gasteiger partial charge in [0, 0.05) is 38.9 Å². The van der Waals surface area contributed by atoms with E-state index >= 15 is 0 Å². The summed E-state index contributed by atoms with van der Waals surface area (Å²) in [6.45, 7) is 9.12. The molecule has 5 heteroatoms. The number of ether oxygens (including phenoxy) is 1. The molecular weight excluding hydrogens is 312 g/mol. The van der Waals surface area contributed by atoms with Gasteiger partial charge >= 0.3 is 0 Å². The molecule has 1 saturated carbocycles. The van der Waals surface area contributed by atoms with Crippen LogP contribution in [0, 0.1) is 11.8 Å². The molecule has 1 N–H and O–H groups in total. The Kier molecular flexibility index (Phi) is 8.01. The van der Waals surface area contributed by atoms with Crippen molar-refractivity contribution >= 4 is 5.96 Å². The first kappa shape index (κ1) is 20.5. The van der Waals surface area contributed by atoms with E-state index in [4.69, 9.17) is 9.73 Å². The molecular formula is C20H40N4O. The lowest BCUT2D eigenvalue weighted by molar-refractivity contribution is -0.00263. The minimum atomic E-state index is 0.139. The minimum absolute atomic E-state index is 0.139. The Morgan fingerprint density at radius 3 is 2.32 bits per heavy atom. The van der Waals surface area contributed by atoms with Crippen molar-refractivity contribution in [3.8, 4) is 0 Å². The highest BCUT2D eigenvalue weighted by Gasteiger charge is 2.35. The molecule has 1 aliphatic carbocycles. The van der Waals surface area contributed by atoms with E-state index in [1.165, 1.54) is 25.7 Å². The predicted octanol–water partition coefficient (Wildman–Crippen LogP) is 2.82. The van der Waals surface area contributed by atoms with Crippen molar-refractivity contribution < 1.29 is 4.74 Å². The molecule has 0 bridgehead atoms. The molecule has 0 atom stereocenters. The Labute approximate surface area is 155 Å². The summed E-state index contributed by atoms with van der Waals surface area (Å²) in [4.78, 5) is 9.75. The molecule has 2 rings (SSSR count). The number of hydrogen-bond donors (Lipinski definition) is 1. The maximum Gasteiger partial charge on any atom is 0.193 e. The Morgan fingerprint density at radius 2 is 1.76 bits per heavy atom. The largest absolute Gasteiger partial charge is 0.381 e. The standard InChI is InChI=1S/C20H40N4O/c1-6-21-19(24(5)15-18-9-7-17(2)8-10-18)22-16-20(23(3)4)11-13-25-14-12-20/h17-18H,6-16H2,1-5H3,(H,21,22). The molecule has 146 valence electrons. The number of nitrogens with zero attached hydrogens (tertiary/aromatic N) is 3. The first-order valence-electron chi connectivity index (χ1n) is 10.2. The lowest BCUT2D eigenvalue weighted by Gasteiger charge is -2.42. The minimum Gasteiger partial charge on any atom is -0.381 e. The third kappa shape index (κ3) is 5.85. The second-order valence-electron chi connectivity index (χ2n) is 8.41. The fraction of sp³-hybridized carbons (Fsp3) is 0.950. The van der Waals surface area contributed by atoms with Crippen molar-refractivity contribution in [3.63, 3.8) is 0 Å². The van der Waals surface area contributed by atoms with Gasteiger partial charge in [-0.2, -0.15) is 0 Å².